The van der Waals surface area contributed by atoms with Crippen LogP contribution < -0.4 is 10.4 Å². The number of hydrogen-bond donors (Lipinski definition) is 2. The number of benzene rings is 2. The van der Waals surface area contributed by atoms with E-state index in [1.54, 1.807) is 12.5 Å². The van der Waals surface area contributed by atoms with E-state index in [-0.39, 0.29) is 11.8 Å². The number of nitrogens with one attached hydrogen (secondary N) is 2. The molecule has 26 heavy (non-hydrogen) atoms. The molecule has 2 aromatic carbocycles. The highest BCUT2D eigenvalue weighted by atomic mass is 79.9. The zero-order chi connectivity index (χ0) is 17.9. The van der Waals surface area contributed by atoms with Crippen molar-refractivity contribution in [1.82, 2.24) is 15.4 Å². The Hall–Kier alpha value is -2.44. The molecule has 1 aliphatic rings. The number of carbonyl (C=O) groups excluding carboxylic acids is 1. The number of H-pyrrole nitrogens is 1. The number of Topliss-reactive ketones (excluding diaryl/α,β-unsaturated/α-hetero) is 1. The first-order chi connectivity index (χ1) is 12.7. The van der Waals surface area contributed by atoms with Crippen molar-refractivity contribution in [3.8, 4) is 0 Å². The number of ketones is 1. The van der Waals surface area contributed by atoms with Gasteiger partial charge < -0.3 is 9.99 Å². The number of aromatic amines is 1. The van der Waals surface area contributed by atoms with Gasteiger partial charge >= 0.3 is 0 Å². The van der Waals surface area contributed by atoms with Crippen LogP contribution in [0, 0.1) is 0 Å². The maximum absolute atomic E-state index is 12.9. The molecule has 2 N–H and O–H groups in total. The fourth-order valence-corrected chi connectivity index (χ4v) is 3.69. The Balaban J connectivity index is 1.66. The van der Waals surface area contributed by atoms with E-state index in [0.717, 1.165) is 27.8 Å². The molecule has 132 valence electrons. The Morgan fingerprint density at radius 1 is 1.19 bits per heavy atom. The number of imidazole rings is 1. The van der Waals surface area contributed by atoms with Gasteiger partial charge in [-0.1, -0.05) is 46.3 Å². The topological polar surface area (TPSA) is 61.0 Å². The number of anilines is 1. The molecule has 3 aromatic rings. The van der Waals surface area contributed by atoms with Crippen molar-refractivity contribution in [3.05, 3.63) is 82.3 Å². The van der Waals surface area contributed by atoms with Crippen molar-refractivity contribution < 1.29 is 4.79 Å². The SMILES string of the molecule is O=C1CC(Cc2ccccc2)NN(Cc2cnc[nH]2)c2ccc(Br)cc21. The smallest absolute Gasteiger partial charge is 0.166 e. The lowest BCUT2D eigenvalue weighted by molar-refractivity contribution is 0.0973. The van der Waals surface area contributed by atoms with E-state index in [9.17, 15) is 4.79 Å². The van der Waals surface area contributed by atoms with Gasteiger partial charge in [0, 0.05) is 28.7 Å². The first kappa shape index (κ1) is 17.0. The Morgan fingerprint density at radius 2 is 2.04 bits per heavy atom. The molecule has 0 fully saturated rings. The van der Waals surface area contributed by atoms with E-state index in [1.165, 1.54) is 5.56 Å². The van der Waals surface area contributed by atoms with Gasteiger partial charge in [0.1, 0.15) is 0 Å². The molecule has 0 bridgehead atoms. The van der Waals surface area contributed by atoms with Gasteiger partial charge in [-0.15, -0.1) is 0 Å². The minimum Gasteiger partial charge on any atom is -0.347 e. The highest BCUT2D eigenvalue weighted by molar-refractivity contribution is 9.10. The number of hydrazine groups is 1. The zero-order valence-corrected chi connectivity index (χ0v) is 15.7. The Morgan fingerprint density at radius 3 is 2.81 bits per heavy atom. The van der Waals surface area contributed by atoms with Gasteiger partial charge in [-0.3, -0.25) is 4.79 Å². The zero-order valence-electron chi connectivity index (χ0n) is 14.2. The molecule has 1 aliphatic heterocycles. The van der Waals surface area contributed by atoms with Crippen LogP contribution in [0.5, 0.6) is 0 Å². The summed E-state index contributed by atoms with van der Waals surface area (Å²) in [5.41, 5.74) is 7.39. The second-order valence-electron chi connectivity index (χ2n) is 6.47. The van der Waals surface area contributed by atoms with Gasteiger partial charge in [-0.05, 0) is 30.2 Å². The van der Waals surface area contributed by atoms with Crippen molar-refractivity contribution in [2.45, 2.75) is 25.4 Å². The second kappa shape index (κ2) is 7.43. The molecule has 2 heterocycles. The van der Waals surface area contributed by atoms with E-state index >= 15 is 0 Å². The lowest BCUT2D eigenvalue weighted by atomic mass is 9.99. The lowest BCUT2D eigenvalue weighted by Crippen LogP contribution is -2.45. The van der Waals surface area contributed by atoms with Crippen LogP contribution in [0.4, 0.5) is 5.69 Å². The normalized spacial score (nSPS) is 17.0. The highest BCUT2D eigenvalue weighted by Crippen LogP contribution is 2.29. The molecular formula is C20H19BrN4O. The molecular weight excluding hydrogens is 392 g/mol. The molecule has 0 saturated carbocycles. The van der Waals surface area contributed by atoms with Crippen LogP contribution in [0.15, 0.2) is 65.5 Å². The van der Waals surface area contributed by atoms with Crippen LogP contribution in [0.25, 0.3) is 0 Å². The summed E-state index contributed by atoms with van der Waals surface area (Å²) >= 11 is 3.49. The van der Waals surface area contributed by atoms with Crippen LogP contribution in [0.3, 0.4) is 0 Å². The van der Waals surface area contributed by atoms with Gasteiger partial charge in [0.2, 0.25) is 0 Å². The summed E-state index contributed by atoms with van der Waals surface area (Å²) in [5, 5.41) is 2.05. The standard InChI is InChI=1S/C20H19BrN4O/c21-15-6-7-19-18(9-15)20(26)10-16(8-14-4-2-1-3-5-14)24-25(19)12-17-11-22-13-23-17/h1-7,9,11,13,16,24H,8,10,12H2,(H,22,23). The van der Waals surface area contributed by atoms with Crippen molar-refractivity contribution in [2.75, 3.05) is 5.01 Å². The molecule has 1 atom stereocenters. The number of nitrogens with zero attached hydrogens (tertiary/aromatic N) is 2. The van der Waals surface area contributed by atoms with Crippen molar-refractivity contribution in [2.24, 2.45) is 0 Å². The van der Waals surface area contributed by atoms with Crippen LogP contribution >= 0.6 is 15.9 Å². The minimum atomic E-state index is 0.0268. The maximum atomic E-state index is 12.9. The lowest BCUT2D eigenvalue weighted by Gasteiger charge is -2.28. The molecule has 0 spiro atoms. The first-order valence-electron chi connectivity index (χ1n) is 8.56. The fourth-order valence-electron chi connectivity index (χ4n) is 3.33. The average Bonchev–Trinajstić information content (AvgIpc) is 3.11. The average molecular weight is 411 g/mol. The molecule has 1 aromatic heterocycles. The molecule has 0 aliphatic carbocycles. The van der Waals surface area contributed by atoms with Crippen LogP contribution in [0.1, 0.15) is 28.0 Å². The van der Waals surface area contributed by atoms with E-state index < -0.39 is 0 Å². The van der Waals surface area contributed by atoms with Crippen LogP contribution in [0.2, 0.25) is 0 Å². The highest BCUT2D eigenvalue weighted by Gasteiger charge is 2.27. The Bertz CT molecular complexity index is 895. The molecule has 0 amide bonds. The van der Waals surface area contributed by atoms with Gasteiger partial charge in [0.25, 0.3) is 0 Å². The van der Waals surface area contributed by atoms with Gasteiger partial charge in [0.05, 0.1) is 24.3 Å². The predicted molar refractivity (Wildman–Crippen MR) is 105 cm³/mol. The summed E-state index contributed by atoms with van der Waals surface area (Å²) in [4.78, 5) is 20.1. The number of halogens is 1. The molecule has 0 radical (unpaired) electrons. The maximum Gasteiger partial charge on any atom is 0.166 e. The fraction of sp³-hybridized carbons (Fsp3) is 0.200. The van der Waals surface area contributed by atoms with Gasteiger partial charge in [-0.25, -0.2) is 10.4 Å². The largest absolute Gasteiger partial charge is 0.347 e. The molecule has 1 unspecified atom stereocenters. The second-order valence-corrected chi connectivity index (χ2v) is 7.38. The molecule has 4 rings (SSSR count). The van der Waals surface area contributed by atoms with E-state index in [0.29, 0.717) is 13.0 Å². The molecule has 5 nitrogen and oxygen atoms in total. The van der Waals surface area contributed by atoms with Crippen molar-refractivity contribution in [3.63, 3.8) is 0 Å². The number of rotatable bonds is 4. The van der Waals surface area contributed by atoms with E-state index in [2.05, 4.69) is 43.5 Å². The Kier molecular flexibility index (Phi) is 4.86. The number of aromatic nitrogens is 2. The van der Waals surface area contributed by atoms with Crippen LogP contribution in [-0.4, -0.2) is 21.8 Å². The number of fused-ring (bicyclic) bond motifs is 1. The van der Waals surface area contributed by atoms with E-state index in [1.807, 2.05) is 41.4 Å². The quantitative estimate of drug-likeness (QED) is 0.684. The Labute approximate surface area is 160 Å². The summed E-state index contributed by atoms with van der Waals surface area (Å²) in [7, 11) is 0. The number of carbonyl (C=O) groups is 1. The van der Waals surface area contributed by atoms with E-state index in [4.69, 9.17) is 0 Å². The third-order valence-electron chi connectivity index (χ3n) is 4.53. The summed E-state index contributed by atoms with van der Waals surface area (Å²) in [6.07, 6.45) is 4.72. The molecule has 6 heteroatoms. The summed E-state index contributed by atoms with van der Waals surface area (Å²) < 4.78 is 0.910. The monoisotopic (exact) mass is 410 g/mol. The number of hydrogen-bond acceptors (Lipinski definition) is 4. The predicted octanol–water partition coefficient (Wildman–Crippen LogP) is 3.88. The van der Waals surface area contributed by atoms with Gasteiger partial charge in [0.15, 0.2) is 5.78 Å². The summed E-state index contributed by atoms with van der Waals surface area (Å²) in [5.74, 6) is 0.154. The third-order valence-corrected chi connectivity index (χ3v) is 5.02. The van der Waals surface area contributed by atoms with Crippen LogP contribution in [-0.2, 0) is 13.0 Å². The van der Waals surface area contributed by atoms with Crippen molar-refractivity contribution in [1.29, 1.82) is 0 Å². The summed E-state index contributed by atoms with van der Waals surface area (Å²) in [6, 6.07) is 16.1. The first-order valence-corrected chi connectivity index (χ1v) is 9.36. The third kappa shape index (κ3) is 3.71. The minimum absolute atomic E-state index is 0.0268. The van der Waals surface area contributed by atoms with Gasteiger partial charge in [-0.2, -0.15) is 0 Å². The molecule has 0 saturated heterocycles. The van der Waals surface area contributed by atoms with Crippen molar-refractivity contribution >= 4 is 27.4 Å². The summed E-state index contributed by atoms with van der Waals surface area (Å²) in [6.45, 7) is 0.604.